The number of amides is 1. The summed E-state index contributed by atoms with van der Waals surface area (Å²) >= 11 is 0. The number of esters is 1. The molecule has 2 atom stereocenters. The van der Waals surface area contributed by atoms with Crippen LogP contribution in [0.4, 0.5) is 0 Å². The third-order valence-corrected chi connectivity index (χ3v) is 17.8. The van der Waals surface area contributed by atoms with E-state index in [2.05, 4.69) is 19.2 Å². The molecule has 0 heterocycles. The number of carbonyl (C=O) groups excluding carboxylic acids is 2. The van der Waals surface area contributed by atoms with Gasteiger partial charge in [-0.2, -0.15) is 0 Å². The molecule has 1 amide bonds. The first kappa shape index (κ1) is 79.6. The van der Waals surface area contributed by atoms with Gasteiger partial charge in [0.05, 0.1) is 25.4 Å². The van der Waals surface area contributed by atoms with Gasteiger partial charge in [-0.1, -0.05) is 398 Å². The topological polar surface area (TPSA) is 95.9 Å². The van der Waals surface area contributed by atoms with Crippen molar-refractivity contribution in [3.05, 3.63) is 12.2 Å². The molecule has 0 bridgehead atoms. The molecule has 0 aromatic heterocycles. The van der Waals surface area contributed by atoms with Crippen LogP contribution in [0.15, 0.2) is 12.2 Å². The second-order valence-corrected chi connectivity index (χ2v) is 26.0. The van der Waals surface area contributed by atoms with Gasteiger partial charge in [-0.15, -0.1) is 0 Å². The van der Waals surface area contributed by atoms with Crippen LogP contribution in [0.25, 0.3) is 0 Å². The summed E-state index contributed by atoms with van der Waals surface area (Å²) in [6.07, 6.45) is 88.8. The number of carbonyl (C=O) groups is 2. The second kappa shape index (κ2) is 71.1. The molecule has 0 aromatic rings. The van der Waals surface area contributed by atoms with Crippen LogP contribution in [-0.4, -0.2) is 47.4 Å². The van der Waals surface area contributed by atoms with E-state index in [9.17, 15) is 19.8 Å². The van der Waals surface area contributed by atoms with E-state index < -0.39 is 12.1 Å². The Hall–Kier alpha value is -1.40. The molecular weight excluding hydrogens is 995 g/mol. The van der Waals surface area contributed by atoms with Crippen LogP contribution >= 0.6 is 0 Å². The van der Waals surface area contributed by atoms with Gasteiger partial charge in [-0.05, 0) is 32.1 Å². The molecule has 0 rings (SSSR count). The Labute approximate surface area is 508 Å². The van der Waals surface area contributed by atoms with Gasteiger partial charge in [0, 0.05) is 12.8 Å². The lowest BCUT2D eigenvalue weighted by atomic mass is 10.0. The van der Waals surface area contributed by atoms with E-state index in [1.807, 2.05) is 6.08 Å². The molecule has 6 heteroatoms. The third kappa shape index (κ3) is 67.6. The molecule has 81 heavy (non-hydrogen) atoms. The maximum absolute atomic E-state index is 12.5. The van der Waals surface area contributed by atoms with Crippen LogP contribution in [0.2, 0.25) is 0 Å². The number of hydrogen-bond acceptors (Lipinski definition) is 5. The van der Waals surface area contributed by atoms with E-state index in [1.54, 1.807) is 6.08 Å². The van der Waals surface area contributed by atoms with E-state index in [0.717, 1.165) is 38.5 Å². The summed E-state index contributed by atoms with van der Waals surface area (Å²) in [5.41, 5.74) is 0. The van der Waals surface area contributed by atoms with Crippen LogP contribution in [0, 0.1) is 0 Å². The van der Waals surface area contributed by atoms with Crippen molar-refractivity contribution in [3.8, 4) is 0 Å². The molecule has 0 aliphatic carbocycles. The van der Waals surface area contributed by atoms with E-state index >= 15 is 0 Å². The Balaban J connectivity index is 3.36. The molecule has 0 fully saturated rings. The van der Waals surface area contributed by atoms with E-state index in [0.29, 0.717) is 19.4 Å². The predicted molar refractivity (Wildman–Crippen MR) is 357 cm³/mol. The predicted octanol–water partition coefficient (Wildman–Crippen LogP) is 24.3. The Morgan fingerprint density at radius 2 is 0.568 bits per heavy atom. The Kier molecular flexibility index (Phi) is 69.9. The maximum Gasteiger partial charge on any atom is 0.305 e. The summed E-state index contributed by atoms with van der Waals surface area (Å²) in [4.78, 5) is 24.7. The van der Waals surface area contributed by atoms with Crippen molar-refractivity contribution in [2.24, 2.45) is 0 Å². The maximum atomic E-state index is 12.5. The minimum atomic E-state index is -0.844. The lowest BCUT2D eigenvalue weighted by Crippen LogP contribution is -2.45. The fourth-order valence-electron chi connectivity index (χ4n) is 12.1. The Morgan fingerprint density at radius 3 is 0.840 bits per heavy atom. The number of aliphatic hydroxyl groups is 2. The number of allylic oxidation sites excluding steroid dienone is 1. The van der Waals surface area contributed by atoms with Gasteiger partial charge in [0.15, 0.2) is 0 Å². The molecule has 0 aromatic carbocycles. The number of rotatable bonds is 71. The molecule has 2 unspecified atom stereocenters. The fraction of sp³-hybridized carbons (Fsp3) is 0.947. The highest BCUT2D eigenvalue weighted by atomic mass is 16.5. The van der Waals surface area contributed by atoms with Gasteiger partial charge in [0.1, 0.15) is 0 Å². The summed E-state index contributed by atoms with van der Waals surface area (Å²) in [6, 6.07) is -0.627. The minimum absolute atomic E-state index is 0.0217. The lowest BCUT2D eigenvalue weighted by Gasteiger charge is -2.20. The number of hydrogen-bond donors (Lipinski definition) is 3. The zero-order valence-corrected chi connectivity index (χ0v) is 55.3. The van der Waals surface area contributed by atoms with E-state index in [4.69, 9.17) is 4.74 Å². The van der Waals surface area contributed by atoms with Crippen LogP contribution < -0.4 is 5.32 Å². The van der Waals surface area contributed by atoms with E-state index in [-0.39, 0.29) is 18.5 Å². The third-order valence-electron chi connectivity index (χ3n) is 17.8. The van der Waals surface area contributed by atoms with E-state index in [1.165, 1.54) is 366 Å². The van der Waals surface area contributed by atoms with Crippen molar-refractivity contribution in [1.82, 2.24) is 5.32 Å². The zero-order chi connectivity index (χ0) is 58.5. The van der Waals surface area contributed by atoms with Crippen molar-refractivity contribution < 1.29 is 24.5 Å². The first-order chi connectivity index (χ1) is 40.0. The molecule has 0 saturated carbocycles. The number of unbranched alkanes of at least 4 members (excludes halogenated alkanes) is 60. The highest BCUT2D eigenvalue weighted by Crippen LogP contribution is 2.20. The van der Waals surface area contributed by atoms with Crippen molar-refractivity contribution in [1.29, 1.82) is 0 Å². The monoisotopic (exact) mass is 1140 g/mol. The van der Waals surface area contributed by atoms with Crippen LogP contribution in [-0.2, 0) is 14.3 Å². The second-order valence-electron chi connectivity index (χ2n) is 26.0. The van der Waals surface area contributed by atoms with Crippen LogP contribution in [0.5, 0.6) is 0 Å². The Morgan fingerprint density at radius 1 is 0.333 bits per heavy atom. The van der Waals surface area contributed by atoms with Crippen molar-refractivity contribution in [2.45, 2.75) is 443 Å². The number of nitrogens with one attached hydrogen (secondary N) is 1. The molecular formula is C75H147NO5. The number of aliphatic hydroxyl groups excluding tert-OH is 2. The molecule has 0 radical (unpaired) electrons. The van der Waals surface area contributed by atoms with Crippen molar-refractivity contribution >= 4 is 11.9 Å². The average molecular weight is 1140 g/mol. The molecule has 0 aliphatic rings. The van der Waals surface area contributed by atoms with Crippen LogP contribution in [0.3, 0.4) is 0 Å². The molecule has 0 saturated heterocycles. The fourth-order valence-corrected chi connectivity index (χ4v) is 12.1. The summed E-state index contributed by atoms with van der Waals surface area (Å²) < 4.78 is 5.51. The highest BCUT2D eigenvalue weighted by Gasteiger charge is 2.18. The van der Waals surface area contributed by atoms with Gasteiger partial charge in [-0.3, -0.25) is 9.59 Å². The summed E-state index contributed by atoms with van der Waals surface area (Å²) in [5, 5.41) is 23.3. The normalized spacial score (nSPS) is 12.5. The summed E-state index contributed by atoms with van der Waals surface area (Å²) in [6.45, 7) is 4.96. The minimum Gasteiger partial charge on any atom is -0.466 e. The largest absolute Gasteiger partial charge is 0.466 e. The first-order valence-electron chi connectivity index (χ1n) is 37.5. The average Bonchev–Trinajstić information content (AvgIpc) is 3.47. The highest BCUT2D eigenvalue weighted by molar-refractivity contribution is 5.76. The van der Waals surface area contributed by atoms with Crippen molar-refractivity contribution in [3.63, 3.8) is 0 Å². The van der Waals surface area contributed by atoms with Gasteiger partial charge < -0.3 is 20.3 Å². The van der Waals surface area contributed by atoms with Gasteiger partial charge in [-0.25, -0.2) is 0 Å². The molecule has 0 spiro atoms. The SMILES string of the molecule is CCCCCCCCCCCCCCCCCCCCC/C=C/C(O)C(CO)NC(=O)CCCCCCCCCCCCCCCCCCCCCCCCCCCOC(=O)CCCCCCCCCCCCCCCCCCCC. The molecule has 6 nitrogen and oxygen atoms in total. The Bertz CT molecular complexity index is 1220. The van der Waals surface area contributed by atoms with Crippen molar-refractivity contribution in [2.75, 3.05) is 13.2 Å². The first-order valence-corrected chi connectivity index (χ1v) is 37.5. The smallest absolute Gasteiger partial charge is 0.305 e. The standard InChI is InChI=1S/C75H147NO5/c1-3-5-7-9-11-13-15-17-19-21-23-29-32-35-39-43-47-51-55-59-63-67-73(78)72(71-77)76-74(79)68-64-60-56-52-48-44-40-36-33-30-27-25-24-26-28-31-34-38-42-46-50-54-58-62-66-70-81-75(80)69-65-61-57-53-49-45-41-37-22-20-18-16-14-12-10-8-6-4-2/h63,67,72-73,77-78H,3-62,64-66,68-71H2,1-2H3,(H,76,79)/b67-63+. The summed E-state index contributed by atoms with van der Waals surface area (Å²) in [7, 11) is 0. The molecule has 482 valence electrons. The molecule has 0 aliphatic heterocycles. The van der Waals surface area contributed by atoms with Gasteiger partial charge in [0.2, 0.25) is 5.91 Å². The van der Waals surface area contributed by atoms with Gasteiger partial charge in [0.25, 0.3) is 0 Å². The molecule has 3 N–H and O–H groups in total. The summed E-state index contributed by atoms with van der Waals surface area (Å²) in [5.74, 6) is -0.0396. The lowest BCUT2D eigenvalue weighted by molar-refractivity contribution is -0.143. The number of ether oxygens (including phenoxy) is 1. The van der Waals surface area contributed by atoms with Gasteiger partial charge >= 0.3 is 5.97 Å². The quantitative estimate of drug-likeness (QED) is 0.0320. The van der Waals surface area contributed by atoms with Crippen LogP contribution in [0.1, 0.15) is 431 Å². The zero-order valence-electron chi connectivity index (χ0n) is 55.3.